The summed E-state index contributed by atoms with van der Waals surface area (Å²) in [5.41, 5.74) is 3.87. The largest absolute Gasteiger partial charge is 0.478 e. The zero-order chi connectivity index (χ0) is 14.1. The maximum atomic E-state index is 11.4. The van der Waals surface area contributed by atoms with E-state index in [1.54, 1.807) is 18.5 Å². The molecule has 1 aliphatic rings. The Morgan fingerprint density at radius 3 is 2.75 bits per heavy atom. The van der Waals surface area contributed by atoms with Gasteiger partial charge in [0.25, 0.3) is 0 Å². The topological polar surface area (TPSA) is 62.2 Å². The van der Waals surface area contributed by atoms with Crippen molar-refractivity contribution in [1.82, 2.24) is 4.98 Å². The first kappa shape index (κ1) is 12.7. The van der Waals surface area contributed by atoms with Gasteiger partial charge >= 0.3 is 5.97 Å². The Morgan fingerprint density at radius 1 is 1.30 bits per heavy atom. The van der Waals surface area contributed by atoms with Gasteiger partial charge in [0.2, 0.25) is 0 Å². The summed E-state index contributed by atoms with van der Waals surface area (Å²) in [4.78, 5) is 15.5. The zero-order valence-corrected chi connectivity index (χ0v) is 11.3. The summed E-state index contributed by atoms with van der Waals surface area (Å²) in [6, 6.07) is 7.58. The third kappa shape index (κ3) is 2.64. The van der Waals surface area contributed by atoms with Gasteiger partial charge in [-0.15, -0.1) is 0 Å². The molecular formula is C16H16N2O2. The van der Waals surface area contributed by atoms with Crippen LogP contribution < -0.4 is 5.32 Å². The fourth-order valence-electron chi connectivity index (χ4n) is 2.30. The summed E-state index contributed by atoms with van der Waals surface area (Å²) in [5.74, 6) is -0.363. The van der Waals surface area contributed by atoms with Crippen LogP contribution in [0.5, 0.6) is 0 Å². The average Bonchev–Trinajstić information content (AvgIpc) is 3.23. The van der Waals surface area contributed by atoms with Crippen LogP contribution in [0.3, 0.4) is 0 Å². The summed E-state index contributed by atoms with van der Waals surface area (Å²) >= 11 is 0. The first-order valence-corrected chi connectivity index (χ1v) is 6.69. The van der Waals surface area contributed by atoms with Crippen LogP contribution in [0.25, 0.3) is 0 Å². The molecule has 0 amide bonds. The van der Waals surface area contributed by atoms with Crippen LogP contribution in [-0.4, -0.2) is 16.1 Å². The highest BCUT2D eigenvalue weighted by molar-refractivity contribution is 5.95. The number of carbonyl (C=O) groups is 1. The smallest absolute Gasteiger partial charge is 0.337 e. The van der Waals surface area contributed by atoms with Crippen molar-refractivity contribution in [2.24, 2.45) is 0 Å². The van der Waals surface area contributed by atoms with Gasteiger partial charge < -0.3 is 10.4 Å². The molecule has 4 nitrogen and oxygen atoms in total. The molecule has 3 rings (SSSR count). The second-order valence-corrected chi connectivity index (χ2v) is 5.26. The molecule has 2 aromatic rings. The van der Waals surface area contributed by atoms with Crippen LogP contribution in [0.4, 0.5) is 11.4 Å². The number of hydrogen-bond donors (Lipinski definition) is 2. The van der Waals surface area contributed by atoms with Gasteiger partial charge in [-0.3, -0.25) is 4.98 Å². The Kier molecular flexibility index (Phi) is 3.14. The summed E-state index contributed by atoms with van der Waals surface area (Å²) in [5, 5.41) is 12.5. The Balaban J connectivity index is 1.93. The molecule has 0 aliphatic heterocycles. The predicted octanol–water partition coefficient (Wildman–Crippen LogP) is 3.71. The van der Waals surface area contributed by atoms with Gasteiger partial charge in [-0.1, -0.05) is 6.07 Å². The van der Waals surface area contributed by atoms with Gasteiger partial charge in [0.1, 0.15) is 0 Å². The number of nitrogens with zero attached hydrogens (tertiary/aromatic N) is 1. The molecule has 1 aromatic carbocycles. The molecule has 1 saturated carbocycles. The number of nitrogens with one attached hydrogen (secondary N) is 1. The lowest BCUT2D eigenvalue weighted by atomic mass is 10.0. The molecule has 0 bridgehead atoms. The van der Waals surface area contributed by atoms with Gasteiger partial charge in [0.05, 0.1) is 23.1 Å². The van der Waals surface area contributed by atoms with Crippen molar-refractivity contribution >= 4 is 17.3 Å². The minimum Gasteiger partial charge on any atom is -0.478 e. The molecule has 0 atom stereocenters. The Morgan fingerprint density at radius 2 is 2.10 bits per heavy atom. The fraction of sp³-hybridized carbons (Fsp3) is 0.250. The van der Waals surface area contributed by atoms with E-state index >= 15 is 0 Å². The van der Waals surface area contributed by atoms with Gasteiger partial charge in [0.15, 0.2) is 0 Å². The molecule has 0 spiro atoms. The van der Waals surface area contributed by atoms with E-state index in [9.17, 15) is 9.90 Å². The van der Waals surface area contributed by atoms with E-state index in [1.165, 1.54) is 0 Å². The number of aryl methyl sites for hydroxylation is 1. The molecule has 0 unspecified atom stereocenters. The van der Waals surface area contributed by atoms with Crippen molar-refractivity contribution in [3.8, 4) is 0 Å². The monoisotopic (exact) mass is 268 g/mol. The average molecular weight is 268 g/mol. The maximum absolute atomic E-state index is 11.4. The molecule has 1 aliphatic carbocycles. The first-order chi connectivity index (χ1) is 9.63. The van der Waals surface area contributed by atoms with E-state index in [0.29, 0.717) is 17.2 Å². The molecule has 1 aromatic heterocycles. The van der Waals surface area contributed by atoms with Crippen LogP contribution >= 0.6 is 0 Å². The van der Waals surface area contributed by atoms with Crippen LogP contribution in [0.2, 0.25) is 0 Å². The normalized spacial score (nSPS) is 14.1. The van der Waals surface area contributed by atoms with Crippen molar-refractivity contribution in [2.45, 2.75) is 25.7 Å². The van der Waals surface area contributed by atoms with E-state index in [0.717, 1.165) is 29.7 Å². The minimum absolute atomic E-state index is 0.316. The van der Waals surface area contributed by atoms with Crippen molar-refractivity contribution in [3.63, 3.8) is 0 Å². The number of rotatable bonds is 4. The predicted molar refractivity (Wildman–Crippen MR) is 77.6 cm³/mol. The van der Waals surface area contributed by atoms with E-state index in [4.69, 9.17) is 0 Å². The first-order valence-electron chi connectivity index (χ1n) is 6.69. The molecule has 0 saturated heterocycles. The Hall–Kier alpha value is -2.36. The molecule has 4 heteroatoms. The molecule has 0 radical (unpaired) electrons. The highest BCUT2D eigenvalue weighted by Crippen LogP contribution is 2.41. The number of pyridine rings is 1. The van der Waals surface area contributed by atoms with Gasteiger partial charge in [-0.05, 0) is 55.0 Å². The van der Waals surface area contributed by atoms with Crippen LogP contribution in [0, 0.1) is 6.92 Å². The number of aromatic nitrogens is 1. The lowest BCUT2D eigenvalue weighted by Crippen LogP contribution is -2.04. The quantitative estimate of drug-likeness (QED) is 0.887. The summed E-state index contributed by atoms with van der Waals surface area (Å²) in [7, 11) is 0. The summed E-state index contributed by atoms with van der Waals surface area (Å²) in [6.45, 7) is 1.95. The SMILES string of the molecule is Cc1cncc(Nc2ccc(C3CC3)cc2C(=O)O)c1. The maximum Gasteiger partial charge on any atom is 0.337 e. The second kappa shape index (κ2) is 4.96. The Bertz CT molecular complexity index is 663. The summed E-state index contributed by atoms with van der Waals surface area (Å²) < 4.78 is 0. The van der Waals surface area contributed by atoms with E-state index in [-0.39, 0.29) is 0 Å². The van der Waals surface area contributed by atoms with Crippen molar-refractivity contribution in [3.05, 3.63) is 53.3 Å². The van der Waals surface area contributed by atoms with E-state index < -0.39 is 5.97 Å². The van der Waals surface area contributed by atoms with Crippen LogP contribution in [0.15, 0.2) is 36.7 Å². The van der Waals surface area contributed by atoms with Crippen LogP contribution in [-0.2, 0) is 0 Å². The highest BCUT2D eigenvalue weighted by atomic mass is 16.4. The number of carboxylic acid groups (broad SMARTS) is 1. The highest BCUT2D eigenvalue weighted by Gasteiger charge is 2.25. The number of anilines is 2. The lowest BCUT2D eigenvalue weighted by molar-refractivity contribution is 0.0698. The number of benzene rings is 1. The second-order valence-electron chi connectivity index (χ2n) is 5.26. The lowest BCUT2D eigenvalue weighted by Gasteiger charge is -2.11. The molecule has 20 heavy (non-hydrogen) atoms. The third-order valence-electron chi connectivity index (χ3n) is 3.48. The van der Waals surface area contributed by atoms with Crippen LogP contribution in [0.1, 0.15) is 40.2 Å². The Labute approximate surface area is 117 Å². The molecule has 102 valence electrons. The van der Waals surface area contributed by atoms with Gasteiger partial charge in [-0.2, -0.15) is 0 Å². The van der Waals surface area contributed by atoms with Gasteiger partial charge in [0, 0.05) is 6.20 Å². The molecular weight excluding hydrogens is 252 g/mol. The molecule has 2 N–H and O–H groups in total. The number of carboxylic acids is 1. The molecule has 1 heterocycles. The van der Waals surface area contributed by atoms with Crippen molar-refractivity contribution in [2.75, 3.05) is 5.32 Å². The minimum atomic E-state index is -0.907. The fourth-order valence-corrected chi connectivity index (χ4v) is 2.30. The summed E-state index contributed by atoms with van der Waals surface area (Å²) in [6.07, 6.45) is 5.77. The van der Waals surface area contributed by atoms with E-state index in [2.05, 4.69) is 10.3 Å². The number of aromatic carboxylic acids is 1. The van der Waals surface area contributed by atoms with Crippen molar-refractivity contribution < 1.29 is 9.90 Å². The van der Waals surface area contributed by atoms with Gasteiger partial charge in [-0.25, -0.2) is 4.79 Å². The molecule has 1 fully saturated rings. The third-order valence-corrected chi connectivity index (χ3v) is 3.48. The number of hydrogen-bond acceptors (Lipinski definition) is 3. The van der Waals surface area contributed by atoms with E-state index in [1.807, 2.05) is 25.1 Å². The standard InChI is InChI=1S/C16H16N2O2/c1-10-6-13(9-17-8-10)18-15-5-4-12(11-2-3-11)7-14(15)16(19)20/h4-9,11,18H,2-3H2,1H3,(H,19,20). The zero-order valence-electron chi connectivity index (χ0n) is 11.3. The van der Waals surface area contributed by atoms with Crippen molar-refractivity contribution in [1.29, 1.82) is 0 Å².